The number of rotatable bonds is 1. The minimum absolute atomic E-state index is 0.272. The van der Waals surface area contributed by atoms with Gasteiger partial charge in [0.25, 0.3) is 0 Å². The number of hydrogen-bond acceptors (Lipinski definition) is 3. The van der Waals surface area contributed by atoms with Crippen molar-refractivity contribution in [3.05, 3.63) is 83.2 Å². The van der Waals surface area contributed by atoms with Gasteiger partial charge >= 0.3 is 5.63 Å². The molecule has 0 radical (unpaired) electrons. The van der Waals surface area contributed by atoms with Crippen LogP contribution in [0, 0.1) is 0 Å². The summed E-state index contributed by atoms with van der Waals surface area (Å²) in [7, 11) is 0. The van der Waals surface area contributed by atoms with Gasteiger partial charge in [0, 0.05) is 10.3 Å². The standard InChI is InChI=1S/C21H12O2S/c22-21-16-12-18(14-7-2-1-3-8-14)24-20(16)19-15-9-5-4-6-13(15)10-11-17(19)23-21/h1-12H. The van der Waals surface area contributed by atoms with Crippen LogP contribution < -0.4 is 5.63 Å². The van der Waals surface area contributed by atoms with Gasteiger partial charge in [0.05, 0.1) is 10.1 Å². The first kappa shape index (κ1) is 13.5. The number of benzene rings is 3. The highest BCUT2D eigenvalue weighted by atomic mass is 32.1. The fourth-order valence-corrected chi connectivity index (χ4v) is 4.41. The fraction of sp³-hybridized carbons (Fsp3) is 0. The average Bonchev–Trinajstić information content (AvgIpc) is 3.08. The number of thiophene rings is 1. The largest absolute Gasteiger partial charge is 0.422 e. The van der Waals surface area contributed by atoms with Crippen molar-refractivity contribution >= 4 is 43.2 Å². The van der Waals surface area contributed by atoms with Crippen LogP contribution in [0.25, 0.3) is 42.3 Å². The summed E-state index contributed by atoms with van der Waals surface area (Å²) in [5, 5.41) is 3.94. The molecular formula is C21H12O2S. The van der Waals surface area contributed by atoms with Gasteiger partial charge in [-0.25, -0.2) is 4.79 Å². The van der Waals surface area contributed by atoms with Gasteiger partial charge in [-0.05, 0) is 28.5 Å². The summed E-state index contributed by atoms with van der Waals surface area (Å²) in [5.41, 5.74) is 1.49. The van der Waals surface area contributed by atoms with E-state index >= 15 is 0 Å². The van der Waals surface area contributed by atoms with Gasteiger partial charge in [0.1, 0.15) is 5.58 Å². The Morgan fingerprint density at radius 3 is 2.46 bits per heavy atom. The van der Waals surface area contributed by atoms with Crippen molar-refractivity contribution in [2.75, 3.05) is 0 Å². The minimum Gasteiger partial charge on any atom is -0.422 e. The monoisotopic (exact) mass is 328 g/mol. The van der Waals surface area contributed by atoms with E-state index in [2.05, 4.69) is 24.3 Å². The summed E-state index contributed by atoms with van der Waals surface area (Å²) in [6.07, 6.45) is 0. The maximum absolute atomic E-state index is 12.4. The van der Waals surface area contributed by atoms with Crippen LogP contribution in [0.4, 0.5) is 0 Å². The lowest BCUT2D eigenvalue weighted by Gasteiger charge is -2.03. The van der Waals surface area contributed by atoms with E-state index < -0.39 is 0 Å². The van der Waals surface area contributed by atoms with E-state index in [1.54, 1.807) is 11.3 Å². The van der Waals surface area contributed by atoms with E-state index in [0.717, 1.165) is 31.3 Å². The molecule has 0 amide bonds. The Morgan fingerprint density at radius 1 is 0.792 bits per heavy atom. The molecule has 114 valence electrons. The first-order valence-electron chi connectivity index (χ1n) is 7.75. The van der Waals surface area contributed by atoms with E-state index in [-0.39, 0.29) is 5.63 Å². The second kappa shape index (κ2) is 5.05. The van der Waals surface area contributed by atoms with Crippen LogP contribution in [0.3, 0.4) is 0 Å². The topological polar surface area (TPSA) is 30.2 Å². The van der Waals surface area contributed by atoms with Crippen LogP contribution in [-0.2, 0) is 0 Å². The van der Waals surface area contributed by atoms with Gasteiger partial charge in [-0.15, -0.1) is 11.3 Å². The third-order valence-electron chi connectivity index (χ3n) is 4.33. The Kier molecular flexibility index (Phi) is 2.84. The van der Waals surface area contributed by atoms with E-state index in [1.165, 1.54) is 0 Å². The van der Waals surface area contributed by atoms with Gasteiger partial charge in [-0.2, -0.15) is 0 Å². The third kappa shape index (κ3) is 1.92. The maximum atomic E-state index is 12.4. The molecule has 3 heteroatoms. The van der Waals surface area contributed by atoms with Crippen molar-refractivity contribution < 1.29 is 4.42 Å². The molecule has 0 fully saturated rings. The summed E-state index contributed by atoms with van der Waals surface area (Å²) in [5.74, 6) is 0. The predicted octanol–water partition coefficient (Wildman–Crippen LogP) is 5.83. The number of fused-ring (bicyclic) bond motifs is 5. The van der Waals surface area contributed by atoms with Gasteiger partial charge in [-0.3, -0.25) is 0 Å². The van der Waals surface area contributed by atoms with Crippen molar-refractivity contribution in [2.24, 2.45) is 0 Å². The van der Waals surface area contributed by atoms with E-state index in [0.29, 0.717) is 11.0 Å². The molecule has 2 nitrogen and oxygen atoms in total. The molecule has 24 heavy (non-hydrogen) atoms. The second-order valence-electron chi connectivity index (χ2n) is 5.77. The Labute approximate surface area is 141 Å². The SMILES string of the molecule is O=c1oc2ccc3ccccc3c2c2sc(-c3ccccc3)cc12. The molecule has 0 aliphatic heterocycles. The zero-order valence-corrected chi connectivity index (χ0v) is 13.5. The smallest absolute Gasteiger partial charge is 0.345 e. The Morgan fingerprint density at radius 2 is 1.58 bits per heavy atom. The van der Waals surface area contributed by atoms with Crippen LogP contribution in [-0.4, -0.2) is 0 Å². The molecule has 5 rings (SSSR count). The summed E-state index contributed by atoms with van der Waals surface area (Å²) < 4.78 is 6.58. The lowest BCUT2D eigenvalue weighted by Crippen LogP contribution is -1.97. The van der Waals surface area contributed by atoms with E-state index in [4.69, 9.17) is 4.42 Å². The average molecular weight is 328 g/mol. The predicted molar refractivity (Wildman–Crippen MR) is 101 cm³/mol. The zero-order chi connectivity index (χ0) is 16.1. The molecule has 0 spiro atoms. The highest BCUT2D eigenvalue weighted by Crippen LogP contribution is 2.38. The zero-order valence-electron chi connectivity index (χ0n) is 12.7. The molecular weight excluding hydrogens is 316 g/mol. The molecule has 0 bridgehead atoms. The molecule has 0 aliphatic rings. The molecule has 0 atom stereocenters. The molecule has 0 N–H and O–H groups in total. The molecule has 0 saturated carbocycles. The van der Waals surface area contributed by atoms with E-state index in [1.807, 2.05) is 48.5 Å². The summed E-state index contributed by atoms with van der Waals surface area (Å²) >= 11 is 1.65. The third-order valence-corrected chi connectivity index (χ3v) is 5.53. The van der Waals surface area contributed by atoms with Gasteiger partial charge in [0.15, 0.2) is 0 Å². The molecule has 3 aromatic carbocycles. The quantitative estimate of drug-likeness (QED) is 0.286. The van der Waals surface area contributed by atoms with Crippen LogP contribution in [0.2, 0.25) is 0 Å². The normalized spacial score (nSPS) is 11.5. The molecule has 2 aromatic heterocycles. The lowest BCUT2D eigenvalue weighted by atomic mass is 10.1. The first-order valence-corrected chi connectivity index (χ1v) is 8.56. The molecule has 5 aromatic rings. The Bertz CT molecular complexity index is 1260. The Hall–Kier alpha value is -2.91. The van der Waals surface area contributed by atoms with Crippen LogP contribution in [0.1, 0.15) is 0 Å². The minimum atomic E-state index is -0.272. The molecule has 2 heterocycles. The van der Waals surface area contributed by atoms with E-state index in [9.17, 15) is 4.79 Å². The van der Waals surface area contributed by atoms with Crippen molar-refractivity contribution in [3.63, 3.8) is 0 Å². The van der Waals surface area contributed by atoms with Crippen molar-refractivity contribution in [2.45, 2.75) is 0 Å². The molecule has 0 aliphatic carbocycles. The number of hydrogen-bond donors (Lipinski definition) is 0. The Balaban J connectivity index is 1.97. The van der Waals surface area contributed by atoms with Gasteiger partial charge < -0.3 is 4.42 Å². The fourth-order valence-electron chi connectivity index (χ4n) is 3.20. The first-order chi connectivity index (χ1) is 11.8. The van der Waals surface area contributed by atoms with Crippen LogP contribution >= 0.6 is 11.3 Å². The highest BCUT2D eigenvalue weighted by molar-refractivity contribution is 7.23. The van der Waals surface area contributed by atoms with Crippen LogP contribution in [0.5, 0.6) is 0 Å². The summed E-state index contributed by atoms with van der Waals surface area (Å²) in [6.45, 7) is 0. The van der Waals surface area contributed by atoms with Gasteiger partial charge in [-0.1, -0.05) is 60.7 Å². The lowest BCUT2D eigenvalue weighted by molar-refractivity contribution is 0.570. The highest BCUT2D eigenvalue weighted by Gasteiger charge is 2.14. The van der Waals surface area contributed by atoms with Crippen LogP contribution in [0.15, 0.2) is 82.0 Å². The van der Waals surface area contributed by atoms with Crippen molar-refractivity contribution in [1.82, 2.24) is 0 Å². The summed E-state index contributed by atoms with van der Waals surface area (Å²) in [6, 6.07) is 24.2. The summed E-state index contributed by atoms with van der Waals surface area (Å²) in [4.78, 5) is 13.5. The maximum Gasteiger partial charge on any atom is 0.345 e. The molecule has 0 saturated heterocycles. The van der Waals surface area contributed by atoms with Crippen molar-refractivity contribution in [1.29, 1.82) is 0 Å². The van der Waals surface area contributed by atoms with Gasteiger partial charge in [0.2, 0.25) is 0 Å². The second-order valence-corrected chi connectivity index (χ2v) is 6.82. The molecule has 0 unspecified atom stereocenters. The van der Waals surface area contributed by atoms with Crippen molar-refractivity contribution in [3.8, 4) is 10.4 Å².